The summed E-state index contributed by atoms with van der Waals surface area (Å²) in [4.78, 5) is 19.2. The molecule has 0 saturated heterocycles. The maximum atomic E-state index is 12.6. The standard InChI is InChI=1S/C16H24N2O2S/c1-10-11(2)21-16(18(10)8-9-20-3)17-15(19)14-12-4-5-13(14)7-6-12/h12-14H,4-9H2,1-3H3/b17-16-. The predicted octanol–water partition coefficient (Wildman–Crippen LogP) is 2.68. The molecule has 21 heavy (non-hydrogen) atoms. The Morgan fingerprint density at radius 1 is 1.29 bits per heavy atom. The first-order chi connectivity index (χ1) is 10.1. The van der Waals surface area contributed by atoms with Gasteiger partial charge < -0.3 is 9.30 Å². The molecule has 2 fully saturated rings. The van der Waals surface area contributed by atoms with E-state index in [0.717, 1.165) is 11.3 Å². The van der Waals surface area contributed by atoms with Gasteiger partial charge in [0.15, 0.2) is 4.80 Å². The number of nitrogens with zero attached hydrogens (tertiary/aromatic N) is 2. The van der Waals surface area contributed by atoms with E-state index in [0.29, 0.717) is 18.4 Å². The molecule has 1 aromatic heterocycles. The van der Waals surface area contributed by atoms with Crippen molar-refractivity contribution in [3.05, 3.63) is 15.4 Å². The third kappa shape index (κ3) is 2.73. The lowest BCUT2D eigenvalue weighted by Gasteiger charge is -2.10. The average molecular weight is 308 g/mol. The van der Waals surface area contributed by atoms with Gasteiger partial charge >= 0.3 is 0 Å². The monoisotopic (exact) mass is 308 g/mol. The van der Waals surface area contributed by atoms with Crippen molar-refractivity contribution in [1.82, 2.24) is 4.57 Å². The molecule has 4 nitrogen and oxygen atoms in total. The summed E-state index contributed by atoms with van der Waals surface area (Å²) in [5.74, 6) is 1.51. The van der Waals surface area contributed by atoms with Crippen LogP contribution in [-0.4, -0.2) is 24.2 Å². The van der Waals surface area contributed by atoms with Crippen LogP contribution in [0.3, 0.4) is 0 Å². The molecule has 1 aromatic rings. The number of thiazole rings is 1. The summed E-state index contributed by atoms with van der Waals surface area (Å²) >= 11 is 1.62. The molecule has 0 radical (unpaired) electrons. The molecule has 0 unspecified atom stereocenters. The minimum Gasteiger partial charge on any atom is -0.383 e. The molecule has 2 bridgehead atoms. The third-order valence-electron chi connectivity index (χ3n) is 5.23. The molecule has 116 valence electrons. The molecule has 2 aliphatic carbocycles. The third-order valence-corrected chi connectivity index (χ3v) is 6.33. The maximum Gasteiger partial charge on any atom is 0.252 e. The van der Waals surface area contributed by atoms with Crippen molar-refractivity contribution >= 4 is 17.2 Å². The highest BCUT2D eigenvalue weighted by Crippen LogP contribution is 2.49. The number of amides is 1. The smallest absolute Gasteiger partial charge is 0.252 e. The largest absolute Gasteiger partial charge is 0.383 e. The van der Waals surface area contributed by atoms with E-state index in [4.69, 9.17) is 4.74 Å². The SMILES string of the molecule is COCCn1c(C)c(C)s/c1=N\C(=O)C1C2CCC1CC2. The molecule has 0 N–H and O–H groups in total. The number of fused-ring (bicyclic) bond motifs is 2. The molecule has 5 heteroatoms. The van der Waals surface area contributed by atoms with Gasteiger partial charge in [0.2, 0.25) is 0 Å². The van der Waals surface area contributed by atoms with E-state index in [1.54, 1.807) is 18.4 Å². The van der Waals surface area contributed by atoms with Gasteiger partial charge in [-0.25, -0.2) is 0 Å². The Balaban J connectivity index is 1.88. The lowest BCUT2D eigenvalue weighted by Crippen LogP contribution is -2.24. The van der Waals surface area contributed by atoms with Crippen LogP contribution >= 0.6 is 11.3 Å². The van der Waals surface area contributed by atoms with Crippen molar-refractivity contribution in [2.75, 3.05) is 13.7 Å². The van der Waals surface area contributed by atoms with E-state index < -0.39 is 0 Å². The Hall–Kier alpha value is -0.940. The van der Waals surface area contributed by atoms with Crippen molar-refractivity contribution in [2.24, 2.45) is 22.7 Å². The normalized spacial score (nSPS) is 28.5. The molecular weight excluding hydrogens is 284 g/mol. The second-order valence-corrected chi connectivity index (χ2v) is 7.50. The van der Waals surface area contributed by atoms with Crippen molar-refractivity contribution in [3.63, 3.8) is 0 Å². The van der Waals surface area contributed by atoms with E-state index in [-0.39, 0.29) is 11.8 Å². The first-order valence-electron chi connectivity index (χ1n) is 7.86. The number of carbonyl (C=O) groups is 1. The average Bonchev–Trinajstić information content (AvgIpc) is 3.13. The lowest BCUT2D eigenvalue weighted by atomic mass is 9.97. The first-order valence-corrected chi connectivity index (χ1v) is 8.67. The van der Waals surface area contributed by atoms with Crippen molar-refractivity contribution < 1.29 is 9.53 Å². The first kappa shape index (κ1) is 15.0. The predicted molar refractivity (Wildman–Crippen MR) is 83.2 cm³/mol. The van der Waals surface area contributed by atoms with Crippen LogP contribution in [0, 0.1) is 31.6 Å². The maximum absolute atomic E-state index is 12.6. The highest BCUT2D eigenvalue weighted by Gasteiger charge is 2.45. The fourth-order valence-electron chi connectivity index (χ4n) is 3.95. The number of hydrogen-bond donors (Lipinski definition) is 0. The summed E-state index contributed by atoms with van der Waals surface area (Å²) in [6, 6.07) is 0. The molecule has 2 saturated carbocycles. The Morgan fingerprint density at radius 3 is 2.48 bits per heavy atom. The van der Waals surface area contributed by atoms with Crippen LogP contribution < -0.4 is 4.80 Å². The minimum absolute atomic E-state index is 0.118. The minimum atomic E-state index is 0.118. The number of aromatic nitrogens is 1. The van der Waals surface area contributed by atoms with Gasteiger partial charge in [-0.1, -0.05) is 0 Å². The van der Waals surface area contributed by atoms with Crippen LogP contribution in [0.15, 0.2) is 4.99 Å². The van der Waals surface area contributed by atoms with Gasteiger partial charge in [-0.05, 0) is 51.4 Å². The number of carbonyl (C=O) groups excluding carboxylic acids is 1. The summed E-state index contributed by atoms with van der Waals surface area (Å²) < 4.78 is 7.29. The number of hydrogen-bond acceptors (Lipinski definition) is 3. The molecule has 3 rings (SSSR count). The fraction of sp³-hybridized carbons (Fsp3) is 0.750. The van der Waals surface area contributed by atoms with Gasteiger partial charge in [-0.15, -0.1) is 11.3 Å². The second-order valence-electron chi connectivity index (χ2n) is 6.32. The molecular formula is C16H24N2O2S. The molecule has 2 aliphatic rings. The van der Waals surface area contributed by atoms with E-state index in [2.05, 4.69) is 23.4 Å². The molecule has 0 spiro atoms. The van der Waals surface area contributed by atoms with Crippen LogP contribution in [0.2, 0.25) is 0 Å². The van der Waals surface area contributed by atoms with Gasteiger partial charge in [0.25, 0.3) is 5.91 Å². The van der Waals surface area contributed by atoms with E-state index in [1.807, 2.05) is 0 Å². The Bertz CT molecular complexity index is 582. The summed E-state index contributed by atoms with van der Waals surface area (Å²) in [5, 5.41) is 0. The van der Waals surface area contributed by atoms with Crippen molar-refractivity contribution in [2.45, 2.75) is 46.1 Å². The molecule has 1 amide bonds. The lowest BCUT2D eigenvalue weighted by molar-refractivity contribution is -0.123. The highest BCUT2D eigenvalue weighted by atomic mass is 32.1. The Morgan fingerprint density at radius 2 is 1.90 bits per heavy atom. The van der Waals surface area contributed by atoms with E-state index >= 15 is 0 Å². The zero-order valence-corrected chi connectivity index (χ0v) is 13.9. The van der Waals surface area contributed by atoms with E-state index in [1.165, 1.54) is 36.3 Å². The molecule has 0 aliphatic heterocycles. The highest BCUT2D eigenvalue weighted by molar-refractivity contribution is 7.09. The number of rotatable bonds is 4. The summed E-state index contributed by atoms with van der Waals surface area (Å²) in [5.41, 5.74) is 1.19. The topological polar surface area (TPSA) is 43.6 Å². The quantitative estimate of drug-likeness (QED) is 0.858. The molecule has 1 heterocycles. The van der Waals surface area contributed by atoms with Gasteiger partial charge in [0.05, 0.1) is 6.61 Å². The van der Waals surface area contributed by atoms with Gasteiger partial charge in [-0.2, -0.15) is 4.99 Å². The Kier molecular flexibility index (Phi) is 4.31. The van der Waals surface area contributed by atoms with Crippen LogP contribution in [0.4, 0.5) is 0 Å². The summed E-state index contributed by atoms with van der Waals surface area (Å²) in [6.45, 7) is 5.58. The van der Waals surface area contributed by atoms with Gasteiger partial charge in [0.1, 0.15) is 0 Å². The zero-order chi connectivity index (χ0) is 15.0. The molecule has 0 atom stereocenters. The number of methoxy groups -OCH3 is 1. The van der Waals surface area contributed by atoms with Gasteiger partial charge in [0, 0.05) is 30.1 Å². The summed E-state index contributed by atoms with van der Waals surface area (Å²) in [7, 11) is 1.70. The van der Waals surface area contributed by atoms with Crippen LogP contribution in [-0.2, 0) is 16.1 Å². The van der Waals surface area contributed by atoms with Crippen molar-refractivity contribution in [1.29, 1.82) is 0 Å². The summed E-state index contributed by atoms with van der Waals surface area (Å²) in [6.07, 6.45) is 4.90. The van der Waals surface area contributed by atoms with E-state index in [9.17, 15) is 4.79 Å². The molecule has 0 aromatic carbocycles. The zero-order valence-electron chi connectivity index (χ0n) is 13.1. The van der Waals surface area contributed by atoms with Crippen LogP contribution in [0.25, 0.3) is 0 Å². The second kappa shape index (κ2) is 6.05. The van der Waals surface area contributed by atoms with Crippen molar-refractivity contribution in [3.8, 4) is 0 Å². The Labute approximate surface area is 129 Å². The van der Waals surface area contributed by atoms with Crippen LogP contribution in [0.5, 0.6) is 0 Å². The number of ether oxygens (including phenoxy) is 1. The van der Waals surface area contributed by atoms with Gasteiger partial charge in [-0.3, -0.25) is 4.79 Å². The fourth-order valence-corrected chi connectivity index (χ4v) is 4.95. The van der Waals surface area contributed by atoms with Crippen LogP contribution in [0.1, 0.15) is 36.3 Å². The number of aryl methyl sites for hydroxylation is 1.